The lowest BCUT2D eigenvalue weighted by Crippen LogP contribution is -2.17. The highest BCUT2D eigenvalue weighted by atomic mass is 32.1. The highest BCUT2D eigenvalue weighted by Gasteiger charge is 2.14. The molecule has 2 heterocycles. The van der Waals surface area contributed by atoms with E-state index in [4.69, 9.17) is 0 Å². The molecule has 3 aromatic rings. The molecule has 0 aliphatic rings. The zero-order valence-electron chi connectivity index (χ0n) is 12.7. The first-order chi connectivity index (χ1) is 11.1. The number of carbonyl (C=O) groups excluding carboxylic acids is 2. The van der Waals surface area contributed by atoms with Gasteiger partial charge in [-0.1, -0.05) is 11.3 Å². The first-order valence-electron chi connectivity index (χ1n) is 7.08. The number of benzene rings is 1. The predicted molar refractivity (Wildman–Crippen MR) is 89.8 cm³/mol. The second-order valence-corrected chi connectivity index (χ2v) is 5.90. The molecule has 0 atom stereocenters. The summed E-state index contributed by atoms with van der Waals surface area (Å²) in [6.07, 6.45) is 1.59. The Hall–Kier alpha value is -2.74. The Balaban J connectivity index is 1.83. The smallest absolute Gasteiger partial charge is 0.275 e. The Labute approximate surface area is 136 Å². The van der Waals surface area contributed by atoms with E-state index < -0.39 is 0 Å². The van der Waals surface area contributed by atoms with Crippen LogP contribution < -0.4 is 10.6 Å². The summed E-state index contributed by atoms with van der Waals surface area (Å²) >= 11 is 1.35. The van der Waals surface area contributed by atoms with Crippen LogP contribution in [-0.2, 0) is 11.3 Å². The van der Waals surface area contributed by atoms with Crippen LogP contribution in [0, 0.1) is 0 Å². The van der Waals surface area contributed by atoms with Crippen LogP contribution in [0.25, 0.3) is 10.2 Å². The van der Waals surface area contributed by atoms with Crippen molar-refractivity contribution in [3.8, 4) is 0 Å². The molecule has 0 unspecified atom stereocenters. The molecular weight excluding hydrogens is 314 g/mol. The fourth-order valence-electron chi connectivity index (χ4n) is 2.20. The maximum atomic E-state index is 12.3. The van der Waals surface area contributed by atoms with Gasteiger partial charge in [-0.05, 0) is 31.2 Å². The Bertz CT molecular complexity index is 883. The normalized spacial score (nSPS) is 10.7. The lowest BCUT2D eigenvalue weighted by Gasteiger charge is -2.03. The zero-order chi connectivity index (χ0) is 16.4. The number of anilines is 2. The van der Waals surface area contributed by atoms with Gasteiger partial charge in [0.25, 0.3) is 5.91 Å². The Kier molecular flexibility index (Phi) is 4.07. The number of fused-ring (bicyclic) bond motifs is 1. The van der Waals surface area contributed by atoms with Crippen LogP contribution >= 0.6 is 11.3 Å². The van der Waals surface area contributed by atoms with Crippen molar-refractivity contribution < 1.29 is 9.59 Å². The molecule has 2 aromatic heterocycles. The lowest BCUT2D eigenvalue weighted by molar-refractivity contribution is -0.114. The third-order valence-corrected chi connectivity index (χ3v) is 4.11. The molecule has 0 radical (unpaired) electrons. The molecule has 3 rings (SSSR count). The van der Waals surface area contributed by atoms with E-state index in [-0.39, 0.29) is 11.8 Å². The first kappa shape index (κ1) is 15.2. The van der Waals surface area contributed by atoms with Gasteiger partial charge in [-0.15, -0.1) is 0 Å². The van der Waals surface area contributed by atoms with Crippen LogP contribution in [0.1, 0.15) is 24.3 Å². The van der Waals surface area contributed by atoms with Crippen LogP contribution in [0.5, 0.6) is 0 Å². The highest BCUT2D eigenvalue weighted by molar-refractivity contribution is 7.22. The molecule has 0 bridgehead atoms. The summed E-state index contributed by atoms with van der Waals surface area (Å²) in [5.74, 6) is -0.374. The second-order valence-electron chi connectivity index (χ2n) is 4.87. The number of thiazole rings is 1. The largest absolute Gasteiger partial charge is 0.326 e. The fraction of sp³-hybridized carbons (Fsp3) is 0.200. The third kappa shape index (κ3) is 3.21. The van der Waals surface area contributed by atoms with Gasteiger partial charge in [0, 0.05) is 25.4 Å². The molecule has 0 saturated heterocycles. The number of nitrogens with zero attached hydrogens (tertiary/aromatic N) is 3. The summed E-state index contributed by atoms with van der Waals surface area (Å²) in [6, 6.07) is 7.09. The summed E-state index contributed by atoms with van der Waals surface area (Å²) in [5, 5.41) is 10.1. The third-order valence-electron chi connectivity index (χ3n) is 3.18. The van der Waals surface area contributed by atoms with Gasteiger partial charge in [0.15, 0.2) is 5.13 Å². The van der Waals surface area contributed by atoms with E-state index in [0.29, 0.717) is 23.1 Å². The van der Waals surface area contributed by atoms with Crippen LogP contribution in [0.4, 0.5) is 10.8 Å². The number of nitrogens with one attached hydrogen (secondary N) is 2. The quantitative estimate of drug-likeness (QED) is 0.770. The predicted octanol–water partition coefficient (Wildman–Crippen LogP) is 2.72. The van der Waals surface area contributed by atoms with Crippen molar-refractivity contribution in [1.29, 1.82) is 0 Å². The number of hydrogen-bond donors (Lipinski definition) is 2. The van der Waals surface area contributed by atoms with Crippen molar-refractivity contribution in [1.82, 2.24) is 14.8 Å². The molecule has 23 heavy (non-hydrogen) atoms. The number of aromatic nitrogens is 3. The average Bonchev–Trinajstić information content (AvgIpc) is 3.11. The molecule has 7 nitrogen and oxygen atoms in total. The molecule has 118 valence electrons. The SMILES string of the molecule is CCn1nccc1C(=O)Nc1nc2ccc(NC(C)=O)cc2s1. The topological polar surface area (TPSA) is 88.9 Å². The molecule has 0 aliphatic carbocycles. The van der Waals surface area contributed by atoms with Gasteiger partial charge in [-0.2, -0.15) is 5.10 Å². The Morgan fingerprint density at radius 1 is 1.26 bits per heavy atom. The van der Waals surface area contributed by atoms with Crippen molar-refractivity contribution in [2.45, 2.75) is 20.4 Å². The molecule has 2 N–H and O–H groups in total. The lowest BCUT2D eigenvalue weighted by atomic mass is 10.3. The molecule has 0 fully saturated rings. The summed E-state index contributed by atoms with van der Waals surface area (Å²) in [5.41, 5.74) is 1.96. The number of carbonyl (C=O) groups is 2. The summed E-state index contributed by atoms with van der Waals surface area (Å²) in [6.45, 7) is 4.00. The minimum absolute atomic E-state index is 0.129. The summed E-state index contributed by atoms with van der Waals surface area (Å²) in [4.78, 5) is 27.8. The maximum absolute atomic E-state index is 12.3. The van der Waals surface area contributed by atoms with Gasteiger partial charge in [0.2, 0.25) is 5.91 Å². The van der Waals surface area contributed by atoms with Gasteiger partial charge in [0.05, 0.1) is 10.2 Å². The van der Waals surface area contributed by atoms with Crippen LogP contribution in [0.15, 0.2) is 30.5 Å². The standard InChI is InChI=1S/C15H15N5O2S/c1-3-20-12(6-7-16-20)14(22)19-15-18-11-5-4-10(17-9(2)21)8-13(11)23-15/h4-8H,3H2,1-2H3,(H,17,21)(H,18,19,22). The average molecular weight is 329 g/mol. The van der Waals surface area contributed by atoms with Crippen molar-refractivity contribution in [2.75, 3.05) is 10.6 Å². The maximum Gasteiger partial charge on any atom is 0.275 e. The van der Waals surface area contributed by atoms with Crippen molar-refractivity contribution in [3.05, 3.63) is 36.2 Å². The molecule has 8 heteroatoms. The summed E-state index contributed by atoms with van der Waals surface area (Å²) in [7, 11) is 0. The van der Waals surface area contributed by atoms with Gasteiger partial charge < -0.3 is 5.32 Å². The van der Waals surface area contributed by atoms with E-state index in [0.717, 1.165) is 10.2 Å². The van der Waals surface area contributed by atoms with Gasteiger partial charge >= 0.3 is 0 Å². The van der Waals surface area contributed by atoms with Gasteiger partial charge in [-0.3, -0.25) is 19.6 Å². The Morgan fingerprint density at radius 3 is 2.83 bits per heavy atom. The molecule has 0 spiro atoms. The molecule has 2 amide bonds. The monoisotopic (exact) mass is 329 g/mol. The van der Waals surface area contributed by atoms with E-state index >= 15 is 0 Å². The number of amides is 2. The number of aryl methyl sites for hydroxylation is 1. The second kappa shape index (κ2) is 6.17. The van der Waals surface area contributed by atoms with Crippen LogP contribution in [0.3, 0.4) is 0 Å². The zero-order valence-corrected chi connectivity index (χ0v) is 13.5. The van der Waals surface area contributed by atoms with Crippen LogP contribution in [-0.4, -0.2) is 26.6 Å². The Morgan fingerprint density at radius 2 is 2.09 bits per heavy atom. The van der Waals surface area contributed by atoms with Gasteiger partial charge in [-0.25, -0.2) is 4.98 Å². The van der Waals surface area contributed by atoms with E-state index in [2.05, 4.69) is 20.7 Å². The fourth-order valence-corrected chi connectivity index (χ4v) is 3.10. The van der Waals surface area contributed by atoms with Crippen molar-refractivity contribution in [2.24, 2.45) is 0 Å². The molecule has 1 aromatic carbocycles. The number of hydrogen-bond acceptors (Lipinski definition) is 5. The van der Waals surface area contributed by atoms with Crippen LogP contribution in [0.2, 0.25) is 0 Å². The van der Waals surface area contributed by atoms with E-state index in [9.17, 15) is 9.59 Å². The summed E-state index contributed by atoms with van der Waals surface area (Å²) < 4.78 is 2.51. The molecule has 0 saturated carbocycles. The highest BCUT2D eigenvalue weighted by Crippen LogP contribution is 2.28. The number of rotatable bonds is 4. The van der Waals surface area contributed by atoms with E-state index in [1.54, 1.807) is 23.0 Å². The molecule has 0 aliphatic heterocycles. The van der Waals surface area contributed by atoms with E-state index in [1.807, 2.05) is 19.1 Å². The van der Waals surface area contributed by atoms with Gasteiger partial charge in [0.1, 0.15) is 5.69 Å². The van der Waals surface area contributed by atoms with E-state index in [1.165, 1.54) is 18.3 Å². The minimum Gasteiger partial charge on any atom is -0.326 e. The molecular formula is C15H15N5O2S. The minimum atomic E-state index is -0.245. The first-order valence-corrected chi connectivity index (χ1v) is 7.90. The van der Waals surface area contributed by atoms with Crippen molar-refractivity contribution >= 4 is 44.2 Å². The van der Waals surface area contributed by atoms with Crippen molar-refractivity contribution in [3.63, 3.8) is 0 Å².